The predicted octanol–water partition coefficient (Wildman–Crippen LogP) is 4.77. The largest absolute Gasteiger partial charge is 1.00 e. The summed E-state index contributed by atoms with van der Waals surface area (Å²) in [6.07, 6.45) is 11.5. The minimum Gasteiger partial charge on any atom is -1.00 e. The van der Waals surface area contributed by atoms with E-state index in [0.717, 1.165) is 0 Å². The maximum Gasteiger partial charge on any atom is 0.249 e. The minimum atomic E-state index is 0. The lowest BCUT2D eigenvalue weighted by molar-refractivity contribution is -0.724. The smallest absolute Gasteiger partial charge is 0.249 e. The van der Waals surface area contributed by atoms with E-state index in [1.165, 1.54) is 65.6 Å². The number of pyridine rings is 1. The van der Waals surface area contributed by atoms with Crippen LogP contribution in [0.2, 0.25) is 0 Å². The number of nitrogens with zero attached hydrogens (tertiary/aromatic N) is 2. The van der Waals surface area contributed by atoms with Gasteiger partial charge in [0.15, 0.2) is 5.52 Å². The molecule has 0 amide bonds. The Balaban J connectivity index is 0.00000272. The van der Waals surface area contributed by atoms with Crippen molar-refractivity contribution < 1.29 is 17.0 Å². The van der Waals surface area contributed by atoms with Gasteiger partial charge in [0.05, 0.1) is 0 Å². The van der Waals surface area contributed by atoms with Crippen LogP contribution in [0.1, 0.15) is 114 Å². The zero-order valence-corrected chi connectivity index (χ0v) is 20.9. The van der Waals surface area contributed by atoms with Crippen molar-refractivity contribution in [3.63, 3.8) is 0 Å². The zero-order valence-electron chi connectivity index (χ0n) is 20.2. The molecule has 2 heterocycles. The fourth-order valence-corrected chi connectivity index (χ4v) is 5.13. The van der Waals surface area contributed by atoms with Crippen LogP contribution < -0.4 is 17.0 Å². The number of halogens is 1. The Labute approximate surface area is 195 Å². The molecule has 31 heavy (non-hydrogen) atoms. The third-order valence-corrected chi connectivity index (χ3v) is 6.97. The van der Waals surface area contributed by atoms with Crippen molar-refractivity contribution in [2.75, 3.05) is 0 Å². The summed E-state index contributed by atoms with van der Waals surface area (Å²) in [4.78, 5) is 0. The van der Waals surface area contributed by atoms with Crippen LogP contribution in [-0.4, -0.2) is 4.40 Å². The Morgan fingerprint density at radius 3 is 2.00 bits per heavy atom. The Morgan fingerprint density at radius 2 is 1.45 bits per heavy atom. The lowest BCUT2D eigenvalue weighted by Crippen LogP contribution is -3.00. The highest BCUT2D eigenvalue weighted by Crippen LogP contribution is 2.39. The van der Waals surface area contributed by atoms with Crippen molar-refractivity contribution in [3.05, 3.63) is 59.5 Å². The number of aromatic nitrogens is 2. The van der Waals surface area contributed by atoms with Crippen molar-refractivity contribution in [1.29, 1.82) is 0 Å². The molecular formula is C28H39ClN2. The van der Waals surface area contributed by atoms with Gasteiger partial charge in [0.2, 0.25) is 6.33 Å². The Hall–Kier alpha value is -1.80. The first-order chi connectivity index (χ1) is 14.4. The molecule has 1 aromatic carbocycles. The fourth-order valence-electron chi connectivity index (χ4n) is 5.13. The monoisotopic (exact) mass is 438 g/mol. The van der Waals surface area contributed by atoms with Crippen LogP contribution >= 0.6 is 0 Å². The van der Waals surface area contributed by atoms with E-state index in [1.807, 2.05) is 0 Å². The van der Waals surface area contributed by atoms with Crippen LogP contribution in [0, 0.1) is 0 Å². The van der Waals surface area contributed by atoms with Crippen molar-refractivity contribution in [2.45, 2.75) is 97.4 Å². The Morgan fingerprint density at radius 1 is 0.839 bits per heavy atom. The maximum atomic E-state index is 2.49. The number of hydrogen-bond acceptors (Lipinski definition) is 0. The van der Waals surface area contributed by atoms with Gasteiger partial charge in [-0.05, 0) is 72.3 Å². The summed E-state index contributed by atoms with van der Waals surface area (Å²) in [6, 6.07) is 12.4. The van der Waals surface area contributed by atoms with E-state index in [0.29, 0.717) is 23.8 Å². The molecule has 0 bridgehead atoms. The SMILES string of the molecule is CC(C)c1cc(C(C)C)c(-c2cccc3c[n+](C4CCCCC4)cn23)c(C(C)C)c1.[Cl-]. The summed E-state index contributed by atoms with van der Waals surface area (Å²) in [5.41, 5.74) is 8.51. The van der Waals surface area contributed by atoms with Gasteiger partial charge in [-0.1, -0.05) is 66.2 Å². The lowest BCUT2D eigenvalue weighted by atomic mass is 9.83. The maximum absolute atomic E-state index is 2.49. The Bertz CT molecular complexity index is 994. The molecular weight excluding hydrogens is 400 g/mol. The molecule has 0 unspecified atom stereocenters. The number of imidazole rings is 1. The molecule has 0 N–H and O–H groups in total. The number of benzene rings is 1. The summed E-state index contributed by atoms with van der Waals surface area (Å²) in [6.45, 7) is 14.0. The molecule has 0 atom stereocenters. The molecule has 1 aliphatic carbocycles. The normalized spacial score (nSPS) is 15.3. The standard InChI is InChI=1S/C28H39N2.ClH/c1-19(2)22-15-25(20(3)4)28(26(16-22)21(5)6)27-14-10-13-24-17-29(18-30(24)27)23-11-8-7-9-12-23;/h10,13-21,23H,7-9,11-12H2,1-6H3;1H/q+1;/p-1. The fraction of sp³-hybridized carbons (Fsp3) is 0.536. The van der Waals surface area contributed by atoms with Gasteiger partial charge in [-0.2, -0.15) is 4.40 Å². The number of hydrogen-bond donors (Lipinski definition) is 0. The third-order valence-electron chi connectivity index (χ3n) is 6.97. The summed E-state index contributed by atoms with van der Waals surface area (Å²) >= 11 is 0. The first kappa shape index (κ1) is 23.9. The average molecular weight is 439 g/mol. The van der Waals surface area contributed by atoms with Crippen LogP contribution in [0.25, 0.3) is 16.8 Å². The highest BCUT2D eigenvalue weighted by molar-refractivity contribution is 5.73. The number of fused-ring (bicyclic) bond motifs is 1. The zero-order chi connectivity index (χ0) is 21.4. The van der Waals surface area contributed by atoms with E-state index in [-0.39, 0.29) is 12.4 Å². The Kier molecular flexibility index (Phi) is 7.52. The lowest BCUT2D eigenvalue weighted by Gasteiger charge is -2.22. The van der Waals surface area contributed by atoms with E-state index in [9.17, 15) is 0 Å². The first-order valence-corrected chi connectivity index (χ1v) is 12.1. The predicted molar refractivity (Wildman–Crippen MR) is 127 cm³/mol. The molecule has 2 aromatic heterocycles. The van der Waals surface area contributed by atoms with Gasteiger partial charge < -0.3 is 12.4 Å². The van der Waals surface area contributed by atoms with Gasteiger partial charge in [0.25, 0.3) is 0 Å². The third kappa shape index (κ3) is 4.70. The van der Waals surface area contributed by atoms with Crippen LogP contribution in [0.15, 0.2) is 42.9 Å². The molecule has 3 aromatic rings. The van der Waals surface area contributed by atoms with E-state index < -0.39 is 0 Å². The van der Waals surface area contributed by atoms with E-state index in [4.69, 9.17) is 0 Å². The van der Waals surface area contributed by atoms with Crippen LogP contribution in [0.3, 0.4) is 0 Å². The molecule has 4 rings (SSSR count). The molecule has 1 fully saturated rings. The highest BCUT2D eigenvalue weighted by Gasteiger charge is 2.25. The van der Waals surface area contributed by atoms with Crippen molar-refractivity contribution in [2.24, 2.45) is 0 Å². The second kappa shape index (κ2) is 9.77. The van der Waals surface area contributed by atoms with Gasteiger partial charge >= 0.3 is 0 Å². The van der Waals surface area contributed by atoms with Crippen molar-refractivity contribution >= 4 is 5.52 Å². The quantitative estimate of drug-likeness (QED) is 0.507. The molecule has 0 radical (unpaired) electrons. The summed E-state index contributed by atoms with van der Waals surface area (Å²) in [5.74, 6) is 1.53. The summed E-state index contributed by atoms with van der Waals surface area (Å²) in [7, 11) is 0. The topological polar surface area (TPSA) is 8.29 Å². The molecule has 2 nitrogen and oxygen atoms in total. The van der Waals surface area contributed by atoms with Gasteiger partial charge in [-0.3, -0.25) is 0 Å². The van der Waals surface area contributed by atoms with E-state index >= 15 is 0 Å². The van der Waals surface area contributed by atoms with Crippen LogP contribution in [-0.2, 0) is 0 Å². The van der Waals surface area contributed by atoms with Gasteiger partial charge in [0.1, 0.15) is 17.9 Å². The van der Waals surface area contributed by atoms with Crippen LogP contribution in [0.4, 0.5) is 0 Å². The molecule has 1 aliphatic rings. The van der Waals surface area contributed by atoms with Gasteiger partial charge in [-0.25, -0.2) is 4.57 Å². The molecule has 0 aliphatic heterocycles. The molecule has 168 valence electrons. The van der Waals surface area contributed by atoms with E-state index in [1.54, 1.807) is 0 Å². The van der Waals surface area contributed by atoms with E-state index in [2.05, 4.69) is 93.4 Å². The number of rotatable bonds is 5. The van der Waals surface area contributed by atoms with Crippen molar-refractivity contribution in [1.82, 2.24) is 4.40 Å². The molecule has 0 saturated heterocycles. The second-order valence-electron chi connectivity index (χ2n) is 10.2. The molecule has 3 heteroatoms. The minimum absolute atomic E-state index is 0. The second-order valence-corrected chi connectivity index (χ2v) is 10.2. The summed E-state index contributed by atoms with van der Waals surface area (Å²) < 4.78 is 4.93. The average Bonchev–Trinajstić information content (AvgIpc) is 3.17. The van der Waals surface area contributed by atoms with Gasteiger partial charge in [0, 0.05) is 5.56 Å². The highest BCUT2D eigenvalue weighted by atomic mass is 35.5. The van der Waals surface area contributed by atoms with Crippen LogP contribution in [0.5, 0.6) is 0 Å². The summed E-state index contributed by atoms with van der Waals surface area (Å²) in [5, 5.41) is 0. The molecule has 1 saturated carbocycles. The van der Waals surface area contributed by atoms with Crippen molar-refractivity contribution in [3.8, 4) is 11.3 Å². The first-order valence-electron chi connectivity index (χ1n) is 12.1. The van der Waals surface area contributed by atoms with Gasteiger partial charge in [-0.15, -0.1) is 0 Å². The molecule has 0 spiro atoms.